The predicted octanol–water partition coefficient (Wildman–Crippen LogP) is 2.21. The molecule has 0 unspecified atom stereocenters. The van der Waals surface area contributed by atoms with E-state index in [0.29, 0.717) is 11.8 Å². The zero-order chi connectivity index (χ0) is 20.7. The number of nitrogens with one attached hydrogen (secondary N) is 1. The maximum Gasteiger partial charge on any atom is 0.263 e. The number of hydrogen-bond acceptors (Lipinski definition) is 6. The molecule has 0 aliphatic carbocycles. The van der Waals surface area contributed by atoms with Crippen LogP contribution in [0.3, 0.4) is 0 Å². The Balaban J connectivity index is 1.49. The molecule has 1 fully saturated rings. The molecule has 148 valence electrons. The highest BCUT2D eigenvalue weighted by Crippen LogP contribution is 2.31. The molecule has 1 saturated heterocycles. The summed E-state index contributed by atoms with van der Waals surface area (Å²) in [5.74, 6) is -3.47. The SMILES string of the molecule is Cc1ccc(N2C(=O)[C@H]3N=NN(CC(=O)Nc4ccc(F)cc4F)[C@@H]3C2=O)cc1. The van der Waals surface area contributed by atoms with Gasteiger partial charge in [-0.05, 0) is 31.2 Å². The molecule has 2 aliphatic heterocycles. The molecule has 8 nitrogen and oxygen atoms in total. The Hall–Kier alpha value is -3.69. The van der Waals surface area contributed by atoms with Crippen LogP contribution < -0.4 is 10.2 Å². The van der Waals surface area contributed by atoms with Gasteiger partial charge < -0.3 is 5.32 Å². The molecule has 29 heavy (non-hydrogen) atoms. The summed E-state index contributed by atoms with van der Waals surface area (Å²) in [5.41, 5.74) is 1.17. The van der Waals surface area contributed by atoms with Crippen LogP contribution in [0.1, 0.15) is 5.56 Å². The number of benzene rings is 2. The molecule has 4 rings (SSSR count). The number of halogens is 2. The number of carbonyl (C=O) groups is 3. The Bertz CT molecular complexity index is 1040. The minimum Gasteiger partial charge on any atom is -0.322 e. The van der Waals surface area contributed by atoms with Crippen LogP contribution in [0, 0.1) is 18.6 Å². The lowest BCUT2D eigenvalue weighted by Crippen LogP contribution is -2.43. The van der Waals surface area contributed by atoms with Crippen LogP contribution in [0.2, 0.25) is 0 Å². The highest BCUT2D eigenvalue weighted by atomic mass is 19.1. The van der Waals surface area contributed by atoms with E-state index in [1.165, 1.54) is 0 Å². The van der Waals surface area contributed by atoms with E-state index in [2.05, 4.69) is 15.7 Å². The Morgan fingerprint density at radius 3 is 2.52 bits per heavy atom. The fraction of sp³-hybridized carbons (Fsp3) is 0.211. The van der Waals surface area contributed by atoms with Crippen LogP contribution in [-0.2, 0) is 14.4 Å². The maximum absolute atomic E-state index is 13.7. The van der Waals surface area contributed by atoms with Gasteiger partial charge in [0.15, 0.2) is 12.1 Å². The first kappa shape index (κ1) is 18.7. The van der Waals surface area contributed by atoms with E-state index in [4.69, 9.17) is 0 Å². The second-order valence-electron chi connectivity index (χ2n) is 6.71. The first-order chi connectivity index (χ1) is 13.8. The fourth-order valence-corrected chi connectivity index (χ4v) is 3.23. The number of hydrogen-bond donors (Lipinski definition) is 1. The summed E-state index contributed by atoms with van der Waals surface area (Å²) in [6, 6.07) is 7.48. The number of aryl methyl sites for hydroxylation is 1. The number of nitrogens with zero attached hydrogens (tertiary/aromatic N) is 4. The van der Waals surface area contributed by atoms with Crippen molar-refractivity contribution in [2.75, 3.05) is 16.8 Å². The van der Waals surface area contributed by atoms with Gasteiger partial charge in [-0.2, -0.15) is 5.11 Å². The van der Waals surface area contributed by atoms with E-state index in [9.17, 15) is 23.2 Å². The first-order valence-corrected chi connectivity index (χ1v) is 8.72. The van der Waals surface area contributed by atoms with Gasteiger partial charge in [0.1, 0.15) is 18.2 Å². The van der Waals surface area contributed by atoms with E-state index in [-0.39, 0.29) is 5.69 Å². The third kappa shape index (κ3) is 3.33. The number of rotatable bonds is 4. The van der Waals surface area contributed by atoms with Gasteiger partial charge in [-0.1, -0.05) is 22.9 Å². The van der Waals surface area contributed by atoms with Crippen molar-refractivity contribution in [1.29, 1.82) is 0 Å². The molecule has 2 aromatic rings. The molecule has 0 aromatic heterocycles. The van der Waals surface area contributed by atoms with E-state index in [1.54, 1.807) is 24.3 Å². The number of imide groups is 1. The fourth-order valence-electron chi connectivity index (χ4n) is 3.23. The van der Waals surface area contributed by atoms with Crippen molar-refractivity contribution in [2.45, 2.75) is 19.0 Å². The highest BCUT2D eigenvalue weighted by Gasteiger charge is 2.55. The number of anilines is 2. The lowest BCUT2D eigenvalue weighted by atomic mass is 10.1. The molecule has 3 amide bonds. The van der Waals surface area contributed by atoms with Crippen LogP contribution in [0.5, 0.6) is 0 Å². The van der Waals surface area contributed by atoms with E-state index in [1.807, 2.05) is 6.92 Å². The summed E-state index contributed by atoms with van der Waals surface area (Å²) in [7, 11) is 0. The standard InChI is InChI=1S/C19H15F2N5O3/c1-10-2-5-12(6-3-10)26-18(28)16-17(19(26)29)25(24-23-16)9-15(27)22-14-7-4-11(20)8-13(14)21/h2-8,16-17H,9H2,1H3,(H,22,27)/t16-,17-/m0/s1. The van der Waals surface area contributed by atoms with Gasteiger partial charge in [-0.15, -0.1) is 0 Å². The molecule has 0 radical (unpaired) electrons. The van der Waals surface area contributed by atoms with E-state index < -0.39 is 48.0 Å². The van der Waals surface area contributed by atoms with Gasteiger partial charge in [0, 0.05) is 6.07 Å². The van der Waals surface area contributed by atoms with Gasteiger partial charge >= 0.3 is 0 Å². The third-order valence-corrected chi connectivity index (χ3v) is 4.66. The number of amides is 3. The van der Waals surface area contributed by atoms with Crippen LogP contribution >= 0.6 is 0 Å². The van der Waals surface area contributed by atoms with Crippen molar-refractivity contribution in [1.82, 2.24) is 5.01 Å². The van der Waals surface area contributed by atoms with Crippen molar-refractivity contribution in [3.05, 3.63) is 59.7 Å². The summed E-state index contributed by atoms with van der Waals surface area (Å²) in [4.78, 5) is 38.7. The lowest BCUT2D eigenvalue weighted by Gasteiger charge is -2.20. The van der Waals surface area contributed by atoms with Crippen molar-refractivity contribution in [2.24, 2.45) is 10.3 Å². The average Bonchev–Trinajstić information content (AvgIpc) is 3.19. The number of fused-ring (bicyclic) bond motifs is 1. The molecule has 2 atom stereocenters. The van der Waals surface area contributed by atoms with Crippen molar-refractivity contribution >= 4 is 29.1 Å². The average molecular weight is 399 g/mol. The van der Waals surface area contributed by atoms with E-state index >= 15 is 0 Å². The maximum atomic E-state index is 13.7. The quantitative estimate of drug-likeness (QED) is 0.798. The van der Waals surface area contributed by atoms with Gasteiger partial charge in [0.2, 0.25) is 5.91 Å². The minimum absolute atomic E-state index is 0.209. The molecule has 0 saturated carbocycles. The highest BCUT2D eigenvalue weighted by molar-refractivity contribution is 6.25. The largest absolute Gasteiger partial charge is 0.322 e. The second kappa shape index (κ2) is 7.04. The van der Waals surface area contributed by atoms with Gasteiger partial charge in [-0.3, -0.25) is 19.4 Å². The van der Waals surface area contributed by atoms with Crippen molar-refractivity contribution in [3.63, 3.8) is 0 Å². The topological polar surface area (TPSA) is 94.4 Å². The smallest absolute Gasteiger partial charge is 0.263 e. The monoisotopic (exact) mass is 399 g/mol. The summed E-state index contributed by atoms with van der Waals surface area (Å²) in [6.45, 7) is 1.45. The zero-order valence-electron chi connectivity index (χ0n) is 15.2. The van der Waals surface area contributed by atoms with Crippen LogP contribution in [-0.4, -0.2) is 41.4 Å². The Morgan fingerprint density at radius 1 is 1.10 bits per heavy atom. The minimum atomic E-state index is -1.05. The summed E-state index contributed by atoms with van der Waals surface area (Å²) < 4.78 is 26.7. The van der Waals surface area contributed by atoms with Gasteiger partial charge in [0.25, 0.3) is 11.8 Å². The van der Waals surface area contributed by atoms with Crippen molar-refractivity contribution in [3.8, 4) is 0 Å². The van der Waals surface area contributed by atoms with E-state index in [0.717, 1.165) is 27.6 Å². The molecule has 1 N–H and O–H groups in total. The molecule has 0 spiro atoms. The molecular weight excluding hydrogens is 384 g/mol. The predicted molar refractivity (Wildman–Crippen MR) is 97.8 cm³/mol. The lowest BCUT2D eigenvalue weighted by molar-refractivity contribution is -0.123. The Kier molecular flexibility index (Phi) is 4.53. The van der Waals surface area contributed by atoms with Gasteiger partial charge in [0.05, 0.1) is 11.4 Å². The normalized spacial score (nSPS) is 20.4. The molecular formula is C19H15F2N5O3. The number of carbonyl (C=O) groups excluding carboxylic acids is 3. The summed E-state index contributed by atoms with van der Waals surface area (Å²) in [6.07, 6.45) is 0. The van der Waals surface area contributed by atoms with Crippen LogP contribution in [0.15, 0.2) is 52.8 Å². The van der Waals surface area contributed by atoms with Crippen molar-refractivity contribution < 1.29 is 23.2 Å². The van der Waals surface area contributed by atoms with Crippen LogP contribution in [0.25, 0.3) is 0 Å². The summed E-state index contributed by atoms with van der Waals surface area (Å²) in [5, 5.41) is 11.0. The molecule has 2 heterocycles. The second-order valence-corrected chi connectivity index (χ2v) is 6.71. The third-order valence-electron chi connectivity index (χ3n) is 4.66. The molecule has 2 aliphatic rings. The van der Waals surface area contributed by atoms with Gasteiger partial charge in [-0.25, -0.2) is 13.7 Å². The molecule has 10 heteroatoms. The Labute approximate surface area is 163 Å². The molecule has 0 bridgehead atoms. The summed E-state index contributed by atoms with van der Waals surface area (Å²) >= 11 is 0. The first-order valence-electron chi connectivity index (χ1n) is 8.72. The zero-order valence-corrected chi connectivity index (χ0v) is 15.2. The Morgan fingerprint density at radius 2 is 1.83 bits per heavy atom. The van der Waals surface area contributed by atoms with Crippen LogP contribution in [0.4, 0.5) is 20.2 Å². The molecule has 2 aromatic carbocycles.